The molecule has 1 aliphatic carbocycles. The van der Waals surface area contributed by atoms with Crippen molar-refractivity contribution in [1.29, 1.82) is 0 Å². The molecule has 4 heteroatoms. The zero-order chi connectivity index (χ0) is 9.19. The van der Waals surface area contributed by atoms with Crippen LogP contribution in [0.2, 0.25) is 0 Å². The number of carbonyl (C=O) groups is 1. The fourth-order valence-corrected chi connectivity index (χ4v) is 1.21. The second-order valence-electron chi connectivity index (χ2n) is 3.58. The Labute approximate surface area is 72.1 Å². The Morgan fingerprint density at radius 2 is 2.33 bits per heavy atom. The Hall–Kier alpha value is -0.610. The van der Waals surface area contributed by atoms with Crippen molar-refractivity contribution in [3.63, 3.8) is 0 Å². The van der Waals surface area contributed by atoms with Crippen LogP contribution in [-0.2, 0) is 4.79 Å². The number of nitrogens with one attached hydrogen (secondary N) is 1. The number of carbonyl (C=O) groups excluding carboxylic acids is 1. The molecule has 0 saturated heterocycles. The Bertz CT molecular complexity index is 178. The van der Waals surface area contributed by atoms with Gasteiger partial charge in [-0.1, -0.05) is 0 Å². The van der Waals surface area contributed by atoms with Gasteiger partial charge in [0.15, 0.2) is 0 Å². The molecule has 1 unspecified atom stereocenters. The first-order valence-electron chi connectivity index (χ1n) is 4.29. The van der Waals surface area contributed by atoms with Gasteiger partial charge < -0.3 is 16.2 Å². The maximum absolute atomic E-state index is 10.6. The molecule has 0 aliphatic heterocycles. The SMILES string of the molecule is CC(NCC1(O)CCC1)C(N)=O. The van der Waals surface area contributed by atoms with Crippen LogP contribution in [0.5, 0.6) is 0 Å². The van der Waals surface area contributed by atoms with Gasteiger partial charge in [0.1, 0.15) is 0 Å². The molecule has 12 heavy (non-hydrogen) atoms. The van der Waals surface area contributed by atoms with E-state index in [1.807, 2.05) is 0 Å². The molecule has 1 atom stereocenters. The van der Waals surface area contributed by atoms with Crippen molar-refractivity contribution in [3.05, 3.63) is 0 Å². The van der Waals surface area contributed by atoms with E-state index in [4.69, 9.17) is 5.73 Å². The van der Waals surface area contributed by atoms with Crippen LogP contribution in [0.15, 0.2) is 0 Å². The van der Waals surface area contributed by atoms with Crippen LogP contribution >= 0.6 is 0 Å². The molecule has 4 N–H and O–H groups in total. The van der Waals surface area contributed by atoms with Crippen LogP contribution in [-0.4, -0.2) is 29.2 Å². The normalized spacial score (nSPS) is 22.8. The first-order chi connectivity index (χ1) is 5.53. The molecule has 0 aromatic heterocycles. The van der Waals surface area contributed by atoms with Gasteiger partial charge in [0.25, 0.3) is 0 Å². The van der Waals surface area contributed by atoms with Gasteiger partial charge in [-0.3, -0.25) is 4.79 Å². The summed E-state index contributed by atoms with van der Waals surface area (Å²) in [5.41, 5.74) is 4.46. The van der Waals surface area contributed by atoms with E-state index < -0.39 is 5.60 Å². The molecule has 1 amide bonds. The van der Waals surface area contributed by atoms with Crippen LogP contribution in [0.3, 0.4) is 0 Å². The van der Waals surface area contributed by atoms with Crippen molar-refractivity contribution in [2.24, 2.45) is 5.73 Å². The van der Waals surface area contributed by atoms with Gasteiger partial charge in [-0.05, 0) is 26.2 Å². The maximum Gasteiger partial charge on any atom is 0.234 e. The van der Waals surface area contributed by atoms with Gasteiger partial charge in [-0.2, -0.15) is 0 Å². The standard InChI is InChI=1S/C8H16N2O2/c1-6(7(9)11)10-5-8(12)3-2-4-8/h6,10,12H,2-5H2,1H3,(H2,9,11). The minimum atomic E-state index is -0.580. The smallest absolute Gasteiger partial charge is 0.234 e. The minimum Gasteiger partial charge on any atom is -0.389 e. The number of nitrogens with two attached hydrogens (primary N) is 1. The number of amides is 1. The summed E-state index contributed by atoms with van der Waals surface area (Å²) in [6, 6.07) is -0.352. The second-order valence-corrected chi connectivity index (χ2v) is 3.58. The summed E-state index contributed by atoms with van der Waals surface area (Å²) in [7, 11) is 0. The molecule has 0 bridgehead atoms. The lowest BCUT2D eigenvalue weighted by Gasteiger charge is -2.37. The lowest BCUT2D eigenvalue weighted by molar-refractivity contribution is -0.120. The summed E-state index contributed by atoms with van der Waals surface area (Å²) < 4.78 is 0. The van der Waals surface area contributed by atoms with E-state index in [0.29, 0.717) is 6.54 Å². The van der Waals surface area contributed by atoms with Gasteiger partial charge in [-0.15, -0.1) is 0 Å². The largest absolute Gasteiger partial charge is 0.389 e. The molecule has 1 aliphatic rings. The summed E-state index contributed by atoms with van der Waals surface area (Å²) in [5.74, 6) is -0.377. The van der Waals surface area contributed by atoms with Crippen molar-refractivity contribution < 1.29 is 9.90 Å². The van der Waals surface area contributed by atoms with E-state index in [-0.39, 0.29) is 11.9 Å². The molecule has 1 rings (SSSR count). The van der Waals surface area contributed by atoms with Crippen molar-refractivity contribution >= 4 is 5.91 Å². The lowest BCUT2D eigenvalue weighted by Crippen LogP contribution is -2.51. The Morgan fingerprint density at radius 1 is 1.75 bits per heavy atom. The van der Waals surface area contributed by atoms with Crippen molar-refractivity contribution in [1.82, 2.24) is 5.32 Å². The fourth-order valence-electron chi connectivity index (χ4n) is 1.21. The van der Waals surface area contributed by atoms with Crippen molar-refractivity contribution in [3.8, 4) is 0 Å². The van der Waals surface area contributed by atoms with E-state index in [1.165, 1.54) is 0 Å². The van der Waals surface area contributed by atoms with E-state index in [1.54, 1.807) is 6.92 Å². The molecule has 1 fully saturated rings. The van der Waals surface area contributed by atoms with E-state index in [9.17, 15) is 9.90 Å². The molecule has 0 aromatic rings. The second kappa shape index (κ2) is 3.41. The van der Waals surface area contributed by atoms with Gasteiger partial charge in [0.05, 0.1) is 11.6 Å². The highest BCUT2D eigenvalue weighted by molar-refractivity contribution is 5.79. The van der Waals surface area contributed by atoms with Gasteiger partial charge in [-0.25, -0.2) is 0 Å². The van der Waals surface area contributed by atoms with Crippen LogP contribution in [0, 0.1) is 0 Å². The molecule has 0 radical (unpaired) electrons. The number of hydrogen-bond donors (Lipinski definition) is 3. The van der Waals surface area contributed by atoms with E-state index in [0.717, 1.165) is 19.3 Å². The number of hydrogen-bond acceptors (Lipinski definition) is 3. The quantitative estimate of drug-likeness (QED) is 0.528. The van der Waals surface area contributed by atoms with Crippen LogP contribution < -0.4 is 11.1 Å². The molecule has 0 aromatic carbocycles. The Morgan fingerprint density at radius 3 is 2.67 bits per heavy atom. The fraction of sp³-hybridized carbons (Fsp3) is 0.875. The molecule has 0 spiro atoms. The minimum absolute atomic E-state index is 0.352. The number of primary amides is 1. The molecule has 1 saturated carbocycles. The molecule has 4 nitrogen and oxygen atoms in total. The predicted molar refractivity (Wildman–Crippen MR) is 45.5 cm³/mol. The molecule has 0 heterocycles. The van der Waals surface area contributed by atoms with E-state index in [2.05, 4.69) is 5.32 Å². The topological polar surface area (TPSA) is 75.3 Å². The summed E-state index contributed by atoms with van der Waals surface area (Å²) in [6.07, 6.45) is 2.72. The Balaban J connectivity index is 2.20. The first kappa shape index (κ1) is 9.48. The highest BCUT2D eigenvalue weighted by Gasteiger charge is 2.34. The predicted octanol–water partition coefficient (Wildman–Crippen LogP) is -0.635. The average Bonchev–Trinajstić information content (AvgIpc) is 1.96. The Kier molecular flexibility index (Phi) is 2.69. The number of rotatable bonds is 4. The molecule has 70 valence electrons. The third-order valence-electron chi connectivity index (χ3n) is 2.45. The van der Waals surface area contributed by atoms with Gasteiger partial charge in [0.2, 0.25) is 5.91 Å². The highest BCUT2D eigenvalue weighted by atomic mass is 16.3. The average molecular weight is 172 g/mol. The summed E-state index contributed by atoms with van der Waals surface area (Å²) in [5, 5.41) is 12.5. The first-order valence-corrected chi connectivity index (χ1v) is 4.29. The third-order valence-corrected chi connectivity index (χ3v) is 2.45. The highest BCUT2D eigenvalue weighted by Crippen LogP contribution is 2.30. The van der Waals surface area contributed by atoms with Crippen molar-refractivity contribution in [2.75, 3.05) is 6.54 Å². The van der Waals surface area contributed by atoms with Gasteiger partial charge >= 0.3 is 0 Å². The van der Waals surface area contributed by atoms with Crippen molar-refractivity contribution in [2.45, 2.75) is 37.8 Å². The van der Waals surface area contributed by atoms with Gasteiger partial charge in [0, 0.05) is 6.54 Å². The van der Waals surface area contributed by atoms with Crippen LogP contribution in [0.4, 0.5) is 0 Å². The summed E-state index contributed by atoms with van der Waals surface area (Å²) in [4.78, 5) is 10.6. The monoisotopic (exact) mass is 172 g/mol. The zero-order valence-electron chi connectivity index (χ0n) is 7.34. The molecular formula is C8H16N2O2. The lowest BCUT2D eigenvalue weighted by atomic mass is 9.80. The third kappa shape index (κ3) is 2.19. The van der Waals surface area contributed by atoms with Crippen LogP contribution in [0.1, 0.15) is 26.2 Å². The summed E-state index contributed by atoms with van der Waals surface area (Å²) in [6.45, 7) is 2.17. The molecular weight excluding hydrogens is 156 g/mol. The zero-order valence-corrected chi connectivity index (χ0v) is 7.34. The number of aliphatic hydroxyl groups is 1. The maximum atomic E-state index is 10.6. The van der Waals surface area contributed by atoms with E-state index >= 15 is 0 Å². The summed E-state index contributed by atoms with van der Waals surface area (Å²) >= 11 is 0. The van der Waals surface area contributed by atoms with Crippen LogP contribution in [0.25, 0.3) is 0 Å².